The van der Waals surface area contributed by atoms with Crippen LogP contribution in [0.2, 0.25) is 5.02 Å². The van der Waals surface area contributed by atoms with Crippen molar-refractivity contribution in [3.63, 3.8) is 0 Å². The zero-order valence-corrected chi connectivity index (χ0v) is 19.2. The van der Waals surface area contributed by atoms with Gasteiger partial charge in [0.25, 0.3) is 0 Å². The molecule has 7 heteroatoms. The predicted molar refractivity (Wildman–Crippen MR) is 131 cm³/mol. The summed E-state index contributed by atoms with van der Waals surface area (Å²) in [4.78, 5) is 15.6. The number of amides is 1. The molecule has 0 aliphatic carbocycles. The van der Waals surface area contributed by atoms with Crippen molar-refractivity contribution in [2.45, 2.75) is 25.6 Å². The second-order valence-electron chi connectivity index (χ2n) is 8.27. The summed E-state index contributed by atoms with van der Waals surface area (Å²) in [6.45, 7) is 3.96. The molecule has 0 radical (unpaired) electrons. The Kier molecular flexibility index (Phi) is 5.07. The molecule has 5 nitrogen and oxygen atoms in total. The van der Waals surface area contributed by atoms with Crippen molar-refractivity contribution in [3.05, 3.63) is 88.9 Å². The highest BCUT2D eigenvalue weighted by Gasteiger charge is 2.59. The molecule has 2 heterocycles. The van der Waals surface area contributed by atoms with Crippen LogP contribution >= 0.6 is 23.8 Å². The Morgan fingerprint density at radius 2 is 1.78 bits per heavy atom. The van der Waals surface area contributed by atoms with Crippen molar-refractivity contribution < 1.29 is 9.53 Å². The van der Waals surface area contributed by atoms with E-state index in [2.05, 4.69) is 10.6 Å². The lowest BCUT2D eigenvalue weighted by molar-refractivity contribution is -0.130. The summed E-state index contributed by atoms with van der Waals surface area (Å²) >= 11 is 11.8. The SMILES string of the molecule is Cc1ccc(N2C(=S)N[C@H]3c4ccccc4O[C@@]2(C)[C@@H]3C(=O)Nc2ccc(Cl)cc2)cc1. The maximum Gasteiger partial charge on any atom is 0.236 e. The van der Waals surface area contributed by atoms with Gasteiger partial charge in [-0.1, -0.05) is 47.5 Å². The highest BCUT2D eigenvalue weighted by atomic mass is 35.5. The normalized spacial score (nSPS) is 23.6. The van der Waals surface area contributed by atoms with Gasteiger partial charge in [0, 0.05) is 22.0 Å². The fourth-order valence-corrected chi connectivity index (χ4v) is 5.11. The summed E-state index contributed by atoms with van der Waals surface area (Å²) in [6.07, 6.45) is 0. The number of halogens is 1. The lowest BCUT2D eigenvalue weighted by Crippen LogP contribution is -2.72. The van der Waals surface area contributed by atoms with E-state index in [0.717, 1.165) is 22.6 Å². The molecule has 0 spiro atoms. The van der Waals surface area contributed by atoms with Crippen LogP contribution < -0.4 is 20.3 Å². The first-order valence-electron chi connectivity index (χ1n) is 10.4. The number of anilines is 2. The Bertz CT molecular complexity index is 1200. The number of hydrogen-bond donors (Lipinski definition) is 2. The molecular formula is C25H22ClN3O2S. The number of fused-ring (bicyclic) bond motifs is 4. The number of aryl methyl sites for hydroxylation is 1. The Balaban J connectivity index is 1.60. The topological polar surface area (TPSA) is 53.6 Å². The number of carbonyl (C=O) groups excluding carboxylic acids is 1. The van der Waals surface area contributed by atoms with E-state index in [9.17, 15) is 4.79 Å². The summed E-state index contributed by atoms with van der Waals surface area (Å²) in [6, 6.07) is 22.5. The number of benzene rings is 3. The van der Waals surface area contributed by atoms with Crippen LogP contribution in [0.1, 0.15) is 24.1 Å². The van der Waals surface area contributed by atoms with E-state index in [-0.39, 0.29) is 11.9 Å². The molecule has 0 aromatic heterocycles. The van der Waals surface area contributed by atoms with Crippen LogP contribution in [-0.2, 0) is 4.79 Å². The molecule has 3 aromatic rings. The molecule has 3 atom stereocenters. The molecule has 1 amide bonds. The van der Waals surface area contributed by atoms with Crippen LogP contribution in [0.3, 0.4) is 0 Å². The third kappa shape index (κ3) is 3.40. The van der Waals surface area contributed by atoms with Gasteiger partial charge in [-0.15, -0.1) is 0 Å². The summed E-state index contributed by atoms with van der Waals surface area (Å²) in [5, 5.41) is 7.58. The number of nitrogens with one attached hydrogen (secondary N) is 2. The molecule has 2 aliphatic rings. The van der Waals surface area contributed by atoms with Gasteiger partial charge in [0.2, 0.25) is 5.91 Å². The first-order chi connectivity index (χ1) is 15.4. The maximum absolute atomic E-state index is 13.7. The van der Waals surface area contributed by atoms with Crippen LogP contribution in [0, 0.1) is 12.8 Å². The van der Waals surface area contributed by atoms with E-state index in [1.54, 1.807) is 24.3 Å². The Morgan fingerprint density at radius 1 is 1.09 bits per heavy atom. The number of thiocarbonyl (C=S) groups is 1. The van der Waals surface area contributed by atoms with E-state index in [1.807, 2.05) is 67.3 Å². The fraction of sp³-hybridized carbons (Fsp3) is 0.200. The zero-order valence-electron chi connectivity index (χ0n) is 17.6. The number of ether oxygens (including phenoxy) is 1. The number of nitrogens with zero attached hydrogens (tertiary/aromatic N) is 1. The standard InChI is InChI=1S/C25H22ClN3O2S/c1-15-7-13-18(14-8-15)29-24(32)28-22-19-5-3-4-6-20(19)31-25(29,2)21(22)23(30)27-17-11-9-16(26)10-12-17/h3-14,21-22H,1-2H3,(H,27,30)(H,28,32)/t21-,22-,25-/m0/s1. The van der Waals surface area contributed by atoms with Crippen molar-refractivity contribution in [2.75, 3.05) is 10.2 Å². The van der Waals surface area contributed by atoms with E-state index < -0.39 is 11.6 Å². The van der Waals surface area contributed by atoms with Crippen LogP contribution in [-0.4, -0.2) is 16.7 Å². The summed E-state index contributed by atoms with van der Waals surface area (Å²) < 4.78 is 6.57. The van der Waals surface area contributed by atoms with Crippen LogP contribution in [0.5, 0.6) is 5.75 Å². The Hall–Kier alpha value is -3.09. The monoisotopic (exact) mass is 463 g/mol. The van der Waals surface area contributed by atoms with Gasteiger partial charge in [-0.25, -0.2) is 0 Å². The molecule has 2 aliphatic heterocycles. The molecule has 162 valence electrons. The average Bonchev–Trinajstić information content (AvgIpc) is 2.76. The Morgan fingerprint density at radius 3 is 2.50 bits per heavy atom. The minimum atomic E-state index is -1.03. The molecule has 1 saturated heterocycles. The van der Waals surface area contributed by atoms with Gasteiger partial charge in [0.1, 0.15) is 11.7 Å². The molecule has 2 N–H and O–H groups in total. The quantitative estimate of drug-likeness (QED) is 0.506. The molecule has 2 bridgehead atoms. The van der Waals surface area contributed by atoms with Crippen molar-refractivity contribution in [1.82, 2.24) is 5.32 Å². The number of para-hydroxylation sites is 1. The number of carbonyl (C=O) groups is 1. The van der Waals surface area contributed by atoms with Crippen molar-refractivity contribution in [3.8, 4) is 5.75 Å². The third-order valence-corrected chi connectivity index (χ3v) is 6.65. The van der Waals surface area contributed by atoms with Crippen LogP contribution in [0.25, 0.3) is 0 Å². The molecule has 5 rings (SSSR count). The van der Waals surface area contributed by atoms with Crippen LogP contribution in [0.15, 0.2) is 72.8 Å². The maximum atomic E-state index is 13.7. The first kappa shape index (κ1) is 20.8. The predicted octanol–water partition coefficient (Wildman–Crippen LogP) is 5.45. The van der Waals surface area contributed by atoms with Gasteiger partial charge in [-0.3, -0.25) is 9.69 Å². The van der Waals surface area contributed by atoms with Crippen molar-refractivity contribution >= 4 is 46.2 Å². The first-order valence-corrected chi connectivity index (χ1v) is 11.2. The fourth-order valence-electron chi connectivity index (χ4n) is 4.57. The zero-order chi connectivity index (χ0) is 22.5. The lowest BCUT2D eigenvalue weighted by atomic mass is 9.78. The Labute approximate surface area is 197 Å². The lowest BCUT2D eigenvalue weighted by Gasteiger charge is -2.56. The van der Waals surface area contributed by atoms with Gasteiger partial charge in [-0.2, -0.15) is 0 Å². The molecule has 3 aromatic carbocycles. The smallest absolute Gasteiger partial charge is 0.236 e. The van der Waals surface area contributed by atoms with E-state index in [0.29, 0.717) is 15.8 Å². The second-order valence-corrected chi connectivity index (χ2v) is 9.09. The summed E-state index contributed by atoms with van der Waals surface area (Å²) in [5.41, 5.74) is 2.54. The molecule has 0 saturated carbocycles. The van der Waals surface area contributed by atoms with Gasteiger partial charge in [0.05, 0.1) is 6.04 Å². The highest BCUT2D eigenvalue weighted by Crippen LogP contribution is 2.49. The average molecular weight is 464 g/mol. The van der Waals surface area contributed by atoms with Crippen molar-refractivity contribution in [2.24, 2.45) is 5.92 Å². The van der Waals surface area contributed by atoms with Gasteiger partial charge >= 0.3 is 0 Å². The summed E-state index contributed by atoms with van der Waals surface area (Å²) in [7, 11) is 0. The largest absolute Gasteiger partial charge is 0.467 e. The number of hydrogen-bond acceptors (Lipinski definition) is 3. The van der Waals surface area contributed by atoms with Gasteiger partial charge < -0.3 is 15.4 Å². The van der Waals surface area contributed by atoms with Gasteiger partial charge in [-0.05, 0) is 68.5 Å². The highest BCUT2D eigenvalue weighted by molar-refractivity contribution is 7.80. The van der Waals surface area contributed by atoms with E-state index in [1.165, 1.54) is 0 Å². The van der Waals surface area contributed by atoms with Crippen LogP contribution in [0.4, 0.5) is 11.4 Å². The molecule has 1 fully saturated rings. The molecule has 32 heavy (non-hydrogen) atoms. The summed E-state index contributed by atoms with van der Waals surface area (Å²) in [5.74, 6) is -0.00910. The van der Waals surface area contributed by atoms with Gasteiger partial charge in [0.15, 0.2) is 10.8 Å². The molecule has 0 unspecified atom stereocenters. The minimum absolute atomic E-state index is 0.165. The third-order valence-electron chi connectivity index (χ3n) is 6.09. The number of rotatable bonds is 3. The van der Waals surface area contributed by atoms with E-state index in [4.69, 9.17) is 28.6 Å². The molecular weight excluding hydrogens is 442 g/mol. The van der Waals surface area contributed by atoms with E-state index >= 15 is 0 Å². The van der Waals surface area contributed by atoms with Crippen molar-refractivity contribution in [1.29, 1.82) is 0 Å². The second kappa shape index (κ2) is 7.80. The minimum Gasteiger partial charge on any atom is -0.467 e.